The molecule has 0 aliphatic rings. The van der Waals surface area contributed by atoms with Crippen LogP contribution in [0.25, 0.3) is 0 Å². The molecule has 0 aliphatic heterocycles. The Morgan fingerprint density at radius 2 is 1.71 bits per heavy atom. The van der Waals surface area contributed by atoms with E-state index < -0.39 is 11.8 Å². The average molecular weight is 301 g/mol. The lowest BCUT2D eigenvalue weighted by molar-refractivity contribution is 0.00569. The molecule has 0 aliphatic carbocycles. The number of nitrogen functional groups attached to an aromatic ring is 1. The Labute approximate surface area is 122 Å². The fraction of sp³-hybridized carbons (Fsp3) is 0.500. The van der Waals surface area contributed by atoms with Crippen molar-refractivity contribution in [2.45, 2.75) is 0 Å². The first-order valence-electron chi connectivity index (χ1n) is 6.51. The molecule has 21 heavy (non-hydrogen) atoms. The van der Waals surface area contributed by atoms with Gasteiger partial charge in [-0.25, -0.2) is 9.18 Å². The first kappa shape index (κ1) is 17.4. The van der Waals surface area contributed by atoms with Gasteiger partial charge in [0.1, 0.15) is 12.4 Å². The van der Waals surface area contributed by atoms with Crippen molar-refractivity contribution in [2.24, 2.45) is 0 Å². The number of halogens is 1. The lowest BCUT2D eigenvalue weighted by Crippen LogP contribution is -2.14. The summed E-state index contributed by atoms with van der Waals surface area (Å²) in [5, 5.41) is 0. The molecule has 0 amide bonds. The molecule has 1 aromatic rings. The van der Waals surface area contributed by atoms with Gasteiger partial charge in [0.05, 0.1) is 44.3 Å². The summed E-state index contributed by atoms with van der Waals surface area (Å²) in [6.45, 7) is 2.23. The zero-order valence-electron chi connectivity index (χ0n) is 12.0. The molecule has 0 spiro atoms. The van der Waals surface area contributed by atoms with Crippen LogP contribution < -0.4 is 5.73 Å². The van der Waals surface area contributed by atoms with Crippen LogP contribution in [0.1, 0.15) is 10.4 Å². The summed E-state index contributed by atoms with van der Waals surface area (Å²) in [5.74, 6) is -1.26. The molecule has 7 heteroatoms. The van der Waals surface area contributed by atoms with Crippen LogP contribution >= 0.6 is 0 Å². The number of carbonyl (C=O) groups excluding carboxylic acids is 1. The average Bonchev–Trinajstić information content (AvgIpc) is 2.48. The van der Waals surface area contributed by atoms with Gasteiger partial charge in [0.2, 0.25) is 0 Å². The summed E-state index contributed by atoms with van der Waals surface area (Å²) < 4.78 is 33.3. The first-order chi connectivity index (χ1) is 10.1. The van der Waals surface area contributed by atoms with Gasteiger partial charge in [0, 0.05) is 7.11 Å². The van der Waals surface area contributed by atoms with Gasteiger partial charge in [0.15, 0.2) is 0 Å². The highest BCUT2D eigenvalue weighted by atomic mass is 19.1. The third-order valence-corrected chi connectivity index (χ3v) is 2.50. The number of methoxy groups -OCH3 is 1. The molecule has 0 saturated heterocycles. The van der Waals surface area contributed by atoms with Gasteiger partial charge in [-0.2, -0.15) is 0 Å². The maximum atomic E-state index is 13.2. The van der Waals surface area contributed by atoms with E-state index in [-0.39, 0.29) is 24.5 Å². The summed E-state index contributed by atoms with van der Waals surface area (Å²) in [4.78, 5) is 11.6. The second-order valence-electron chi connectivity index (χ2n) is 4.09. The molecule has 1 aromatic carbocycles. The molecule has 0 fully saturated rings. The minimum Gasteiger partial charge on any atom is -0.460 e. The Morgan fingerprint density at radius 3 is 2.33 bits per heavy atom. The largest absolute Gasteiger partial charge is 0.460 e. The molecule has 0 aromatic heterocycles. The van der Waals surface area contributed by atoms with Crippen LogP contribution in [0.3, 0.4) is 0 Å². The van der Waals surface area contributed by atoms with Gasteiger partial charge in [-0.15, -0.1) is 0 Å². The van der Waals surface area contributed by atoms with Crippen LogP contribution in [0.4, 0.5) is 10.1 Å². The highest BCUT2D eigenvalue weighted by Gasteiger charge is 2.09. The van der Waals surface area contributed by atoms with Crippen molar-refractivity contribution >= 4 is 11.7 Å². The summed E-state index contributed by atoms with van der Waals surface area (Å²) in [7, 11) is 1.60. The highest BCUT2D eigenvalue weighted by Crippen LogP contribution is 2.12. The number of ether oxygens (including phenoxy) is 4. The fourth-order valence-corrected chi connectivity index (χ4v) is 1.39. The quantitative estimate of drug-likeness (QED) is 0.398. The van der Waals surface area contributed by atoms with E-state index in [2.05, 4.69) is 0 Å². The summed E-state index contributed by atoms with van der Waals surface area (Å²) in [6, 6.07) is 3.77. The van der Waals surface area contributed by atoms with Crippen molar-refractivity contribution in [1.82, 2.24) is 0 Å². The molecule has 0 unspecified atom stereocenters. The molecule has 118 valence electrons. The number of hydrogen-bond acceptors (Lipinski definition) is 6. The molecule has 0 radical (unpaired) electrons. The predicted octanol–water partition coefficient (Wildman–Crippen LogP) is 1.24. The van der Waals surface area contributed by atoms with E-state index in [0.29, 0.717) is 26.4 Å². The molecule has 1 rings (SSSR count). The van der Waals surface area contributed by atoms with Crippen LogP contribution in [0.5, 0.6) is 0 Å². The normalized spacial score (nSPS) is 10.6. The van der Waals surface area contributed by atoms with Crippen LogP contribution in [0.2, 0.25) is 0 Å². The third kappa shape index (κ3) is 7.03. The second kappa shape index (κ2) is 10.1. The zero-order valence-corrected chi connectivity index (χ0v) is 12.0. The van der Waals surface area contributed by atoms with Crippen molar-refractivity contribution in [3.05, 3.63) is 29.6 Å². The van der Waals surface area contributed by atoms with Gasteiger partial charge in [-0.05, 0) is 18.2 Å². The molecule has 2 N–H and O–H groups in total. The van der Waals surface area contributed by atoms with Crippen molar-refractivity contribution in [2.75, 3.05) is 52.5 Å². The van der Waals surface area contributed by atoms with Gasteiger partial charge in [0.25, 0.3) is 0 Å². The van der Waals surface area contributed by atoms with Gasteiger partial charge < -0.3 is 24.7 Å². The fourth-order valence-electron chi connectivity index (χ4n) is 1.39. The molecular formula is C14H20FNO5. The van der Waals surface area contributed by atoms with Crippen LogP contribution in [-0.4, -0.2) is 52.7 Å². The van der Waals surface area contributed by atoms with E-state index in [1.54, 1.807) is 7.11 Å². The number of esters is 1. The highest BCUT2D eigenvalue weighted by molar-refractivity contribution is 5.89. The number of hydrogen-bond donors (Lipinski definition) is 1. The first-order valence-corrected chi connectivity index (χ1v) is 6.51. The van der Waals surface area contributed by atoms with Gasteiger partial charge in [-0.3, -0.25) is 0 Å². The van der Waals surface area contributed by atoms with E-state index in [4.69, 9.17) is 24.7 Å². The second-order valence-corrected chi connectivity index (χ2v) is 4.09. The van der Waals surface area contributed by atoms with E-state index in [1.165, 1.54) is 12.1 Å². The number of anilines is 1. The number of nitrogens with two attached hydrogens (primary N) is 1. The minimum absolute atomic E-state index is 0.0108. The Morgan fingerprint density at radius 1 is 1.10 bits per heavy atom. The lowest BCUT2D eigenvalue weighted by atomic mass is 10.2. The SMILES string of the molecule is COCCOCCOCCOC(=O)c1ccc(N)c(F)c1. The van der Waals surface area contributed by atoms with Crippen LogP contribution in [0.15, 0.2) is 18.2 Å². The molecular weight excluding hydrogens is 281 g/mol. The summed E-state index contributed by atoms with van der Waals surface area (Å²) in [6.07, 6.45) is 0. The van der Waals surface area contributed by atoms with Gasteiger partial charge in [-0.1, -0.05) is 0 Å². The Hall–Kier alpha value is -1.70. The van der Waals surface area contributed by atoms with E-state index >= 15 is 0 Å². The minimum atomic E-state index is -0.645. The Kier molecular flexibility index (Phi) is 8.34. The van der Waals surface area contributed by atoms with E-state index in [1.807, 2.05) is 0 Å². The molecule has 6 nitrogen and oxygen atoms in total. The number of benzene rings is 1. The smallest absolute Gasteiger partial charge is 0.338 e. The molecule has 0 bridgehead atoms. The van der Waals surface area contributed by atoms with E-state index in [0.717, 1.165) is 6.07 Å². The molecule has 0 atom stereocenters. The monoisotopic (exact) mass is 301 g/mol. The van der Waals surface area contributed by atoms with Crippen molar-refractivity contribution in [3.8, 4) is 0 Å². The zero-order chi connectivity index (χ0) is 15.5. The predicted molar refractivity (Wildman–Crippen MR) is 74.6 cm³/mol. The van der Waals surface area contributed by atoms with Crippen molar-refractivity contribution in [1.29, 1.82) is 0 Å². The lowest BCUT2D eigenvalue weighted by Gasteiger charge is -2.07. The van der Waals surface area contributed by atoms with E-state index in [9.17, 15) is 9.18 Å². The number of rotatable bonds is 10. The topological polar surface area (TPSA) is 80.0 Å². The van der Waals surface area contributed by atoms with Crippen molar-refractivity contribution < 1.29 is 28.1 Å². The Bertz CT molecular complexity index is 441. The van der Waals surface area contributed by atoms with Crippen molar-refractivity contribution in [3.63, 3.8) is 0 Å². The molecule has 0 saturated carbocycles. The summed E-state index contributed by atoms with van der Waals surface area (Å²) in [5.41, 5.74) is 5.43. The van der Waals surface area contributed by atoms with Crippen LogP contribution in [0, 0.1) is 5.82 Å². The Balaban J connectivity index is 2.09. The third-order valence-electron chi connectivity index (χ3n) is 2.50. The van der Waals surface area contributed by atoms with Crippen LogP contribution in [-0.2, 0) is 18.9 Å². The number of carbonyl (C=O) groups is 1. The molecule has 0 heterocycles. The van der Waals surface area contributed by atoms with Gasteiger partial charge >= 0.3 is 5.97 Å². The maximum Gasteiger partial charge on any atom is 0.338 e. The summed E-state index contributed by atoms with van der Waals surface area (Å²) >= 11 is 0. The maximum absolute atomic E-state index is 13.2. The standard InChI is InChI=1S/C14H20FNO5/c1-18-4-5-19-6-7-20-8-9-21-14(17)11-2-3-13(16)12(15)10-11/h2-3,10H,4-9,16H2,1H3.